The van der Waals surface area contributed by atoms with E-state index < -0.39 is 0 Å². The van der Waals surface area contributed by atoms with Crippen molar-refractivity contribution >= 4 is 22.9 Å². The highest BCUT2D eigenvalue weighted by molar-refractivity contribution is 7.09. The second-order valence-corrected chi connectivity index (χ2v) is 4.67. The van der Waals surface area contributed by atoms with Crippen LogP contribution in [0.15, 0.2) is 17.5 Å². The van der Waals surface area contributed by atoms with E-state index >= 15 is 0 Å². The molecule has 0 fully saturated rings. The lowest BCUT2D eigenvalue weighted by Crippen LogP contribution is -2.07. The number of alkyl halides is 1. The summed E-state index contributed by atoms with van der Waals surface area (Å²) in [6, 6.07) is 4.26. The lowest BCUT2D eigenvalue weighted by Gasteiger charge is -2.06. The van der Waals surface area contributed by atoms with Crippen molar-refractivity contribution in [1.29, 1.82) is 0 Å². The van der Waals surface area contributed by atoms with Gasteiger partial charge in [-0.15, -0.1) is 22.9 Å². The highest BCUT2D eigenvalue weighted by Crippen LogP contribution is 2.14. The predicted molar refractivity (Wildman–Crippen MR) is 58.8 cm³/mol. The van der Waals surface area contributed by atoms with Gasteiger partial charge in [0.15, 0.2) is 0 Å². The Bertz CT molecular complexity index is 211. The SMILES string of the molecule is COCC(Cl)CCCc1cccs1. The molecule has 3 heteroatoms. The molecule has 0 aliphatic heterocycles. The summed E-state index contributed by atoms with van der Waals surface area (Å²) in [5, 5.41) is 2.29. The van der Waals surface area contributed by atoms with Crippen molar-refractivity contribution in [3.05, 3.63) is 22.4 Å². The average molecular weight is 219 g/mol. The standard InChI is InChI=1S/C10H15ClOS/c1-12-8-9(11)4-2-5-10-6-3-7-13-10/h3,6-7,9H,2,4-5,8H2,1H3. The van der Waals surface area contributed by atoms with E-state index in [1.54, 1.807) is 7.11 Å². The zero-order valence-electron chi connectivity index (χ0n) is 7.83. The molecule has 1 heterocycles. The highest BCUT2D eigenvalue weighted by atomic mass is 35.5. The van der Waals surface area contributed by atoms with Gasteiger partial charge in [0.1, 0.15) is 0 Å². The zero-order chi connectivity index (χ0) is 9.52. The number of hydrogen-bond acceptors (Lipinski definition) is 2. The number of aryl methyl sites for hydroxylation is 1. The molecule has 0 saturated heterocycles. The second kappa shape index (κ2) is 6.41. The van der Waals surface area contributed by atoms with E-state index in [9.17, 15) is 0 Å². The number of ether oxygens (including phenoxy) is 1. The first-order valence-corrected chi connectivity index (χ1v) is 5.80. The smallest absolute Gasteiger partial charge is 0.0626 e. The normalized spacial score (nSPS) is 13.1. The number of rotatable bonds is 6. The molecule has 0 aliphatic carbocycles. The van der Waals surface area contributed by atoms with Gasteiger partial charge in [0.25, 0.3) is 0 Å². The van der Waals surface area contributed by atoms with E-state index in [1.807, 2.05) is 11.3 Å². The van der Waals surface area contributed by atoms with Crippen LogP contribution in [-0.4, -0.2) is 19.1 Å². The first kappa shape index (κ1) is 11.0. The molecule has 0 radical (unpaired) electrons. The summed E-state index contributed by atoms with van der Waals surface area (Å²) >= 11 is 7.81. The van der Waals surface area contributed by atoms with Crippen molar-refractivity contribution < 1.29 is 4.74 Å². The van der Waals surface area contributed by atoms with E-state index in [-0.39, 0.29) is 5.38 Å². The Labute approximate surface area is 88.7 Å². The van der Waals surface area contributed by atoms with Gasteiger partial charge in [-0.05, 0) is 30.7 Å². The molecule has 0 aliphatic rings. The van der Waals surface area contributed by atoms with Gasteiger partial charge in [0.05, 0.1) is 12.0 Å². The number of methoxy groups -OCH3 is 1. The van der Waals surface area contributed by atoms with Gasteiger partial charge in [0.2, 0.25) is 0 Å². The van der Waals surface area contributed by atoms with Crippen molar-refractivity contribution in [2.24, 2.45) is 0 Å². The van der Waals surface area contributed by atoms with Crippen LogP contribution in [0.1, 0.15) is 17.7 Å². The van der Waals surface area contributed by atoms with E-state index in [2.05, 4.69) is 17.5 Å². The van der Waals surface area contributed by atoms with Crippen molar-refractivity contribution in [1.82, 2.24) is 0 Å². The van der Waals surface area contributed by atoms with Crippen LogP contribution in [0.25, 0.3) is 0 Å². The summed E-state index contributed by atoms with van der Waals surface area (Å²) < 4.78 is 4.96. The van der Waals surface area contributed by atoms with E-state index in [4.69, 9.17) is 16.3 Å². The third-order valence-electron chi connectivity index (χ3n) is 1.87. The minimum atomic E-state index is 0.171. The van der Waals surface area contributed by atoms with Crippen LogP contribution in [0.2, 0.25) is 0 Å². The summed E-state index contributed by atoms with van der Waals surface area (Å²) in [7, 11) is 1.69. The Hall–Kier alpha value is -0.0500. The van der Waals surface area contributed by atoms with Crippen molar-refractivity contribution in [3.8, 4) is 0 Å². The van der Waals surface area contributed by atoms with Gasteiger partial charge >= 0.3 is 0 Å². The Morgan fingerprint density at radius 3 is 3.08 bits per heavy atom. The maximum atomic E-state index is 6.00. The van der Waals surface area contributed by atoms with E-state index in [1.165, 1.54) is 4.88 Å². The molecule has 1 aromatic rings. The monoisotopic (exact) mass is 218 g/mol. The molecule has 1 aromatic heterocycles. The fourth-order valence-corrected chi connectivity index (χ4v) is 2.25. The maximum absolute atomic E-state index is 6.00. The van der Waals surface area contributed by atoms with Crippen molar-refractivity contribution in [2.75, 3.05) is 13.7 Å². The third-order valence-corrected chi connectivity index (χ3v) is 3.15. The summed E-state index contributed by atoms with van der Waals surface area (Å²) in [5.41, 5.74) is 0. The van der Waals surface area contributed by atoms with Gasteiger partial charge in [0, 0.05) is 12.0 Å². The largest absolute Gasteiger partial charge is 0.383 e. The summed E-state index contributed by atoms with van der Waals surface area (Å²) in [5.74, 6) is 0. The van der Waals surface area contributed by atoms with E-state index in [0.29, 0.717) is 6.61 Å². The topological polar surface area (TPSA) is 9.23 Å². The molecule has 1 nitrogen and oxygen atoms in total. The Morgan fingerprint density at radius 1 is 1.62 bits per heavy atom. The minimum Gasteiger partial charge on any atom is -0.383 e. The fraction of sp³-hybridized carbons (Fsp3) is 0.600. The molecule has 0 saturated carbocycles. The average Bonchev–Trinajstić information content (AvgIpc) is 2.57. The van der Waals surface area contributed by atoms with Gasteiger partial charge in [-0.3, -0.25) is 0 Å². The summed E-state index contributed by atoms with van der Waals surface area (Å²) in [4.78, 5) is 1.45. The predicted octanol–water partition coefficient (Wildman–Crippen LogP) is 3.32. The van der Waals surface area contributed by atoms with Crippen molar-refractivity contribution in [2.45, 2.75) is 24.6 Å². The van der Waals surface area contributed by atoms with Crippen LogP contribution in [0.4, 0.5) is 0 Å². The molecule has 0 bridgehead atoms. The summed E-state index contributed by atoms with van der Waals surface area (Å²) in [6.45, 7) is 0.659. The first-order valence-electron chi connectivity index (χ1n) is 4.48. The fourth-order valence-electron chi connectivity index (χ4n) is 1.22. The van der Waals surface area contributed by atoms with Crippen LogP contribution in [0.5, 0.6) is 0 Å². The molecule has 74 valence electrons. The molecule has 0 amide bonds. The molecule has 1 unspecified atom stereocenters. The van der Waals surface area contributed by atoms with Crippen LogP contribution >= 0.6 is 22.9 Å². The highest BCUT2D eigenvalue weighted by Gasteiger charge is 2.03. The molecule has 1 rings (SSSR count). The molecule has 1 atom stereocenters. The van der Waals surface area contributed by atoms with Gasteiger partial charge in [-0.2, -0.15) is 0 Å². The second-order valence-electron chi connectivity index (χ2n) is 3.02. The third kappa shape index (κ3) is 4.65. The molecular formula is C10H15ClOS. The van der Waals surface area contributed by atoms with E-state index in [0.717, 1.165) is 19.3 Å². The van der Waals surface area contributed by atoms with Crippen LogP contribution in [0.3, 0.4) is 0 Å². The Balaban J connectivity index is 2.07. The maximum Gasteiger partial charge on any atom is 0.0626 e. The molecule has 0 spiro atoms. The van der Waals surface area contributed by atoms with Gasteiger partial charge in [-0.25, -0.2) is 0 Å². The van der Waals surface area contributed by atoms with Gasteiger partial charge < -0.3 is 4.74 Å². The van der Waals surface area contributed by atoms with Crippen LogP contribution in [0, 0.1) is 0 Å². The lowest BCUT2D eigenvalue weighted by atomic mass is 10.2. The molecule has 13 heavy (non-hydrogen) atoms. The molecule has 0 N–H and O–H groups in total. The Morgan fingerprint density at radius 2 is 2.46 bits per heavy atom. The zero-order valence-corrected chi connectivity index (χ0v) is 9.40. The molecule has 0 aromatic carbocycles. The summed E-state index contributed by atoms with van der Waals surface area (Å²) in [6.07, 6.45) is 3.33. The van der Waals surface area contributed by atoms with Crippen LogP contribution in [-0.2, 0) is 11.2 Å². The lowest BCUT2D eigenvalue weighted by molar-refractivity contribution is 0.195. The first-order chi connectivity index (χ1) is 6.33. The molecular weight excluding hydrogens is 204 g/mol. The Kier molecular flexibility index (Phi) is 5.44. The number of halogens is 1. The van der Waals surface area contributed by atoms with Crippen molar-refractivity contribution in [3.63, 3.8) is 0 Å². The van der Waals surface area contributed by atoms with Gasteiger partial charge in [-0.1, -0.05) is 6.07 Å². The number of thiophene rings is 1. The quantitative estimate of drug-likeness (QED) is 0.666. The van der Waals surface area contributed by atoms with Crippen LogP contribution < -0.4 is 0 Å². The minimum absolute atomic E-state index is 0.171. The number of hydrogen-bond donors (Lipinski definition) is 0.